The van der Waals surface area contributed by atoms with E-state index in [0.717, 1.165) is 17.7 Å². The molecule has 0 bridgehead atoms. The van der Waals surface area contributed by atoms with Crippen LogP contribution in [0.15, 0.2) is 37.6 Å². The van der Waals surface area contributed by atoms with Gasteiger partial charge in [0.25, 0.3) is 10.0 Å². The van der Waals surface area contributed by atoms with Gasteiger partial charge in [-0.1, -0.05) is 6.07 Å². The number of halogens is 1. The van der Waals surface area contributed by atoms with Crippen LogP contribution in [-0.4, -0.2) is 19.3 Å². The van der Waals surface area contributed by atoms with Crippen molar-refractivity contribution in [2.45, 2.75) is 23.1 Å². The molecule has 0 aromatic carbocycles. The third kappa shape index (κ3) is 2.42. The van der Waals surface area contributed by atoms with Gasteiger partial charge in [-0.15, -0.1) is 22.7 Å². The molecule has 0 N–H and O–H groups in total. The molecule has 7 heteroatoms. The Balaban J connectivity index is 1.99. The molecule has 1 aliphatic rings. The van der Waals surface area contributed by atoms with Crippen LogP contribution in [0.5, 0.6) is 0 Å². The van der Waals surface area contributed by atoms with Crippen molar-refractivity contribution in [3.63, 3.8) is 0 Å². The second-order valence-electron chi connectivity index (χ2n) is 4.35. The number of hydrogen-bond donors (Lipinski definition) is 0. The molecule has 19 heavy (non-hydrogen) atoms. The fourth-order valence-corrected chi connectivity index (χ4v) is 7.40. The van der Waals surface area contributed by atoms with E-state index < -0.39 is 10.0 Å². The van der Waals surface area contributed by atoms with E-state index in [9.17, 15) is 8.42 Å². The van der Waals surface area contributed by atoms with Gasteiger partial charge in [0.15, 0.2) is 0 Å². The van der Waals surface area contributed by atoms with E-state index in [1.165, 1.54) is 11.3 Å². The van der Waals surface area contributed by atoms with Crippen molar-refractivity contribution >= 4 is 48.6 Å². The highest BCUT2D eigenvalue weighted by Gasteiger charge is 2.38. The van der Waals surface area contributed by atoms with E-state index in [-0.39, 0.29) is 6.04 Å². The van der Waals surface area contributed by atoms with Crippen LogP contribution in [0, 0.1) is 0 Å². The van der Waals surface area contributed by atoms with Gasteiger partial charge in [0.05, 0.1) is 6.04 Å². The van der Waals surface area contributed by atoms with Crippen molar-refractivity contribution in [1.29, 1.82) is 0 Å². The Bertz CT molecular complexity index is 663. The normalized spacial score (nSPS) is 21.0. The van der Waals surface area contributed by atoms with Crippen molar-refractivity contribution in [3.05, 3.63) is 38.3 Å². The fraction of sp³-hybridized carbons (Fsp3) is 0.333. The number of nitrogens with zero attached hydrogens (tertiary/aromatic N) is 1. The van der Waals surface area contributed by atoms with Crippen LogP contribution in [0.2, 0.25) is 0 Å². The summed E-state index contributed by atoms with van der Waals surface area (Å²) in [5, 5.41) is 3.80. The average molecular weight is 378 g/mol. The number of thiophene rings is 2. The zero-order valence-corrected chi connectivity index (χ0v) is 14.0. The number of hydrogen-bond acceptors (Lipinski definition) is 4. The largest absolute Gasteiger partial charge is 0.254 e. The Morgan fingerprint density at radius 3 is 2.74 bits per heavy atom. The van der Waals surface area contributed by atoms with Crippen LogP contribution < -0.4 is 0 Å². The van der Waals surface area contributed by atoms with Crippen molar-refractivity contribution in [1.82, 2.24) is 4.31 Å². The Morgan fingerprint density at radius 1 is 1.26 bits per heavy atom. The van der Waals surface area contributed by atoms with Crippen molar-refractivity contribution < 1.29 is 8.42 Å². The van der Waals surface area contributed by atoms with Gasteiger partial charge in [-0.3, -0.25) is 0 Å². The highest BCUT2D eigenvalue weighted by molar-refractivity contribution is 9.10. The summed E-state index contributed by atoms with van der Waals surface area (Å²) in [5.41, 5.74) is 0. The minimum atomic E-state index is -3.39. The van der Waals surface area contributed by atoms with Crippen LogP contribution in [-0.2, 0) is 10.0 Å². The molecule has 2 aromatic rings. The minimum absolute atomic E-state index is 0.000926. The number of rotatable bonds is 3. The predicted octanol–water partition coefficient (Wildman–Crippen LogP) is 4.10. The standard InChI is InChI=1S/C12H12BrNO2S3/c13-9-5-8-18-12(9)19(15,16)14-6-1-3-10(14)11-4-2-7-17-11/h2,4-5,7-8,10H,1,3,6H2. The van der Waals surface area contributed by atoms with Gasteiger partial charge in [-0.25, -0.2) is 8.42 Å². The van der Waals surface area contributed by atoms with Crippen LogP contribution in [0.4, 0.5) is 0 Å². The maximum Gasteiger partial charge on any atom is 0.254 e. The molecule has 2 aromatic heterocycles. The minimum Gasteiger partial charge on any atom is -0.206 e. The van der Waals surface area contributed by atoms with Gasteiger partial charge >= 0.3 is 0 Å². The smallest absolute Gasteiger partial charge is 0.206 e. The summed E-state index contributed by atoms with van der Waals surface area (Å²) in [6.45, 7) is 0.606. The van der Waals surface area contributed by atoms with Gasteiger partial charge in [0.1, 0.15) is 4.21 Å². The van der Waals surface area contributed by atoms with E-state index in [4.69, 9.17) is 0 Å². The summed E-state index contributed by atoms with van der Waals surface area (Å²) in [6.07, 6.45) is 1.83. The Labute approximate surface area is 129 Å². The van der Waals surface area contributed by atoms with E-state index in [1.807, 2.05) is 17.5 Å². The van der Waals surface area contributed by atoms with Gasteiger partial charge in [0.2, 0.25) is 0 Å². The highest BCUT2D eigenvalue weighted by Crippen LogP contribution is 2.40. The summed E-state index contributed by atoms with van der Waals surface area (Å²) >= 11 is 6.22. The molecule has 1 saturated heterocycles. The zero-order valence-electron chi connectivity index (χ0n) is 9.95. The van der Waals surface area contributed by atoms with Gasteiger partial charge in [-0.05, 0) is 51.7 Å². The van der Waals surface area contributed by atoms with Crippen LogP contribution in [0.3, 0.4) is 0 Å². The Morgan fingerprint density at radius 2 is 2.11 bits per heavy atom. The van der Waals surface area contributed by atoms with Crippen LogP contribution >= 0.6 is 38.6 Å². The van der Waals surface area contributed by atoms with Crippen LogP contribution in [0.1, 0.15) is 23.8 Å². The molecule has 1 unspecified atom stereocenters. The first-order valence-corrected chi connectivity index (χ1v) is 9.88. The molecule has 0 amide bonds. The molecule has 102 valence electrons. The molecule has 1 fully saturated rings. The highest BCUT2D eigenvalue weighted by atomic mass is 79.9. The third-order valence-electron chi connectivity index (χ3n) is 3.20. The Kier molecular flexibility index (Phi) is 3.83. The van der Waals surface area contributed by atoms with Crippen molar-refractivity contribution in [2.24, 2.45) is 0 Å². The average Bonchev–Trinajstić information content (AvgIpc) is 3.09. The topological polar surface area (TPSA) is 37.4 Å². The summed E-state index contributed by atoms with van der Waals surface area (Å²) < 4.78 is 28.2. The molecule has 1 aliphatic heterocycles. The second kappa shape index (κ2) is 5.29. The predicted molar refractivity (Wildman–Crippen MR) is 82.2 cm³/mol. The summed E-state index contributed by atoms with van der Waals surface area (Å²) in [5.74, 6) is 0. The maximum absolute atomic E-state index is 12.7. The zero-order chi connectivity index (χ0) is 13.5. The summed E-state index contributed by atoms with van der Waals surface area (Å²) in [7, 11) is -3.39. The lowest BCUT2D eigenvalue weighted by molar-refractivity contribution is 0.402. The van der Waals surface area contributed by atoms with Gasteiger partial charge in [-0.2, -0.15) is 4.31 Å². The molecule has 3 heterocycles. The van der Waals surface area contributed by atoms with E-state index in [2.05, 4.69) is 15.9 Å². The fourth-order valence-electron chi connectivity index (χ4n) is 2.36. The third-order valence-corrected chi connectivity index (χ3v) is 8.73. The van der Waals surface area contributed by atoms with Gasteiger partial charge < -0.3 is 0 Å². The van der Waals surface area contributed by atoms with E-state index in [1.54, 1.807) is 27.1 Å². The Hall–Kier alpha value is -0.210. The quantitative estimate of drug-likeness (QED) is 0.807. The first-order valence-electron chi connectivity index (χ1n) is 5.89. The van der Waals surface area contributed by atoms with Gasteiger partial charge in [0, 0.05) is 15.9 Å². The molecular weight excluding hydrogens is 366 g/mol. The lowest BCUT2D eigenvalue weighted by Crippen LogP contribution is -2.29. The lowest BCUT2D eigenvalue weighted by Gasteiger charge is -2.22. The first-order chi connectivity index (χ1) is 9.10. The summed E-state index contributed by atoms with van der Waals surface area (Å²) in [6, 6.07) is 5.78. The molecule has 1 atom stereocenters. The molecule has 0 spiro atoms. The van der Waals surface area contributed by atoms with Crippen LogP contribution in [0.25, 0.3) is 0 Å². The molecule has 3 nitrogen and oxygen atoms in total. The first kappa shape index (κ1) is 13.8. The molecule has 0 saturated carbocycles. The van der Waals surface area contributed by atoms with Crippen molar-refractivity contribution in [2.75, 3.05) is 6.54 Å². The monoisotopic (exact) mass is 377 g/mol. The van der Waals surface area contributed by atoms with E-state index in [0.29, 0.717) is 15.2 Å². The maximum atomic E-state index is 12.7. The molecule has 0 aliphatic carbocycles. The number of sulfonamides is 1. The molecule has 0 radical (unpaired) electrons. The lowest BCUT2D eigenvalue weighted by atomic mass is 10.2. The molecular formula is C12H12BrNO2S3. The van der Waals surface area contributed by atoms with E-state index >= 15 is 0 Å². The SMILES string of the molecule is O=S(=O)(c1sccc1Br)N1CCCC1c1cccs1. The second-order valence-corrected chi connectivity index (χ2v) is 9.18. The van der Waals surface area contributed by atoms with Crippen molar-refractivity contribution in [3.8, 4) is 0 Å². The summed E-state index contributed by atoms with van der Waals surface area (Å²) in [4.78, 5) is 1.13. The molecule has 3 rings (SSSR count).